The van der Waals surface area contributed by atoms with Crippen LogP contribution < -0.4 is 5.73 Å². The van der Waals surface area contributed by atoms with Crippen LogP contribution in [0.3, 0.4) is 0 Å². The van der Waals surface area contributed by atoms with Gasteiger partial charge in [0.2, 0.25) is 0 Å². The molecule has 1 aromatic heterocycles. The highest BCUT2D eigenvalue weighted by Crippen LogP contribution is 2.25. The van der Waals surface area contributed by atoms with Crippen LogP contribution in [0.1, 0.15) is 50.6 Å². The summed E-state index contributed by atoms with van der Waals surface area (Å²) < 4.78 is 1.03. The lowest BCUT2D eigenvalue weighted by molar-refractivity contribution is 0.321. The maximum Gasteiger partial charge on any atom is 0.0420 e. The molecule has 2 rings (SSSR count). The molecule has 1 unspecified atom stereocenters. The van der Waals surface area contributed by atoms with Crippen molar-refractivity contribution >= 4 is 15.9 Å². The Morgan fingerprint density at radius 3 is 2.44 bits per heavy atom. The zero-order chi connectivity index (χ0) is 12.8. The molecule has 2 N–H and O–H groups in total. The molecule has 1 aliphatic rings. The van der Waals surface area contributed by atoms with Crippen LogP contribution in [-0.2, 0) is 6.42 Å². The molecule has 0 aromatic carbocycles. The third kappa shape index (κ3) is 4.36. The first-order valence-corrected chi connectivity index (χ1v) is 7.91. The van der Waals surface area contributed by atoms with Gasteiger partial charge in [-0.15, -0.1) is 0 Å². The smallest absolute Gasteiger partial charge is 0.0420 e. The number of pyridine rings is 1. The molecule has 1 aromatic rings. The molecule has 0 radical (unpaired) electrons. The van der Waals surface area contributed by atoms with Crippen LogP contribution in [0, 0.1) is 5.92 Å². The molecule has 0 amide bonds. The second kappa shape index (κ2) is 7.25. The van der Waals surface area contributed by atoms with Crippen molar-refractivity contribution in [1.29, 1.82) is 0 Å². The van der Waals surface area contributed by atoms with Gasteiger partial charge in [0.05, 0.1) is 0 Å². The number of rotatable bonds is 3. The molecule has 100 valence electrons. The lowest BCUT2D eigenvalue weighted by Gasteiger charge is -2.25. The average molecular weight is 311 g/mol. The van der Waals surface area contributed by atoms with E-state index in [2.05, 4.69) is 27.0 Å². The van der Waals surface area contributed by atoms with E-state index < -0.39 is 0 Å². The highest BCUT2D eigenvalue weighted by atomic mass is 79.9. The summed E-state index contributed by atoms with van der Waals surface area (Å²) in [5, 5.41) is 0. The van der Waals surface area contributed by atoms with Crippen LogP contribution in [0.4, 0.5) is 0 Å². The van der Waals surface area contributed by atoms with Gasteiger partial charge in [-0.05, 0) is 46.8 Å². The van der Waals surface area contributed by atoms with Crippen LogP contribution in [0.2, 0.25) is 0 Å². The molecule has 0 bridgehead atoms. The van der Waals surface area contributed by atoms with Crippen molar-refractivity contribution in [3.63, 3.8) is 0 Å². The molecule has 0 spiro atoms. The van der Waals surface area contributed by atoms with Crippen LogP contribution >= 0.6 is 15.9 Å². The van der Waals surface area contributed by atoms with Gasteiger partial charge in [0.25, 0.3) is 0 Å². The third-order valence-electron chi connectivity index (χ3n) is 3.99. The van der Waals surface area contributed by atoms with E-state index in [1.54, 1.807) is 0 Å². The molecule has 1 aliphatic carbocycles. The van der Waals surface area contributed by atoms with E-state index in [0.29, 0.717) is 5.92 Å². The molecule has 1 atom stereocenters. The van der Waals surface area contributed by atoms with Crippen molar-refractivity contribution in [2.45, 2.75) is 57.4 Å². The number of halogens is 1. The fraction of sp³-hybridized carbons (Fsp3) is 0.667. The lowest BCUT2D eigenvalue weighted by Crippen LogP contribution is -2.33. The largest absolute Gasteiger partial charge is 0.327 e. The molecule has 3 heteroatoms. The quantitative estimate of drug-likeness (QED) is 0.913. The first-order valence-electron chi connectivity index (χ1n) is 7.12. The number of aromatic nitrogens is 1. The van der Waals surface area contributed by atoms with E-state index in [1.165, 1.54) is 44.9 Å². The van der Waals surface area contributed by atoms with E-state index in [-0.39, 0.29) is 6.04 Å². The normalized spacial score (nSPS) is 20.1. The van der Waals surface area contributed by atoms with E-state index in [4.69, 9.17) is 5.73 Å². The van der Waals surface area contributed by atoms with Crippen molar-refractivity contribution in [2.75, 3.05) is 0 Å². The SMILES string of the molecule is NC(Cc1ccc(Br)cn1)C1CCCCCCC1. The number of hydrogen-bond donors (Lipinski definition) is 1. The summed E-state index contributed by atoms with van der Waals surface area (Å²) in [6, 6.07) is 4.40. The van der Waals surface area contributed by atoms with Gasteiger partial charge in [-0.25, -0.2) is 0 Å². The van der Waals surface area contributed by atoms with Gasteiger partial charge in [-0.2, -0.15) is 0 Å². The molecule has 18 heavy (non-hydrogen) atoms. The highest BCUT2D eigenvalue weighted by molar-refractivity contribution is 9.10. The van der Waals surface area contributed by atoms with Crippen LogP contribution in [0.25, 0.3) is 0 Å². The van der Waals surface area contributed by atoms with Gasteiger partial charge >= 0.3 is 0 Å². The van der Waals surface area contributed by atoms with Gasteiger partial charge in [-0.1, -0.05) is 32.1 Å². The minimum Gasteiger partial charge on any atom is -0.327 e. The molecule has 0 aliphatic heterocycles. The summed E-state index contributed by atoms with van der Waals surface area (Å²) in [5.41, 5.74) is 7.51. The average Bonchev–Trinajstić information content (AvgIpc) is 2.31. The fourth-order valence-corrected chi connectivity index (χ4v) is 3.09. The maximum atomic E-state index is 6.39. The summed E-state index contributed by atoms with van der Waals surface area (Å²) in [5.74, 6) is 0.691. The summed E-state index contributed by atoms with van der Waals surface area (Å²) in [6.07, 6.45) is 12.3. The first kappa shape index (κ1) is 14.0. The van der Waals surface area contributed by atoms with E-state index in [9.17, 15) is 0 Å². The number of hydrogen-bond acceptors (Lipinski definition) is 2. The van der Waals surface area contributed by atoms with Crippen molar-refractivity contribution in [3.8, 4) is 0 Å². The Hall–Kier alpha value is -0.410. The number of nitrogens with two attached hydrogens (primary N) is 1. The minimum absolute atomic E-state index is 0.275. The Morgan fingerprint density at radius 2 is 1.83 bits per heavy atom. The fourth-order valence-electron chi connectivity index (χ4n) is 2.85. The minimum atomic E-state index is 0.275. The lowest BCUT2D eigenvalue weighted by atomic mass is 9.84. The maximum absolute atomic E-state index is 6.39. The third-order valence-corrected chi connectivity index (χ3v) is 4.46. The summed E-state index contributed by atoms with van der Waals surface area (Å²) >= 11 is 3.41. The molecule has 1 fully saturated rings. The van der Waals surface area contributed by atoms with Crippen molar-refractivity contribution in [3.05, 3.63) is 28.5 Å². The Labute approximate surface area is 119 Å². The van der Waals surface area contributed by atoms with Crippen LogP contribution in [0.15, 0.2) is 22.8 Å². The highest BCUT2D eigenvalue weighted by Gasteiger charge is 2.19. The van der Waals surface area contributed by atoms with Crippen LogP contribution in [0.5, 0.6) is 0 Å². The molecule has 2 nitrogen and oxygen atoms in total. The molecule has 1 saturated carbocycles. The van der Waals surface area contributed by atoms with Crippen molar-refractivity contribution < 1.29 is 0 Å². The number of nitrogens with zero attached hydrogens (tertiary/aromatic N) is 1. The van der Waals surface area contributed by atoms with Crippen molar-refractivity contribution in [2.24, 2.45) is 11.7 Å². The Kier molecular flexibility index (Phi) is 5.64. The van der Waals surface area contributed by atoms with E-state index >= 15 is 0 Å². The summed E-state index contributed by atoms with van der Waals surface area (Å²) in [4.78, 5) is 4.43. The van der Waals surface area contributed by atoms with Gasteiger partial charge < -0.3 is 5.73 Å². The topological polar surface area (TPSA) is 38.9 Å². The Morgan fingerprint density at radius 1 is 1.17 bits per heavy atom. The van der Waals surface area contributed by atoms with E-state index in [1.807, 2.05) is 12.3 Å². The van der Waals surface area contributed by atoms with E-state index in [0.717, 1.165) is 16.6 Å². The predicted molar refractivity (Wildman–Crippen MR) is 79.4 cm³/mol. The van der Waals surface area contributed by atoms with Gasteiger partial charge in [0.15, 0.2) is 0 Å². The van der Waals surface area contributed by atoms with Gasteiger partial charge in [0.1, 0.15) is 0 Å². The van der Waals surface area contributed by atoms with Gasteiger partial charge in [-0.3, -0.25) is 4.98 Å². The van der Waals surface area contributed by atoms with Gasteiger partial charge in [0, 0.05) is 28.8 Å². The first-order chi connectivity index (χ1) is 8.75. The second-order valence-electron chi connectivity index (χ2n) is 5.44. The summed E-state index contributed by atoms with van der Waals surface area (Å²) in [7, 11) is 0. The molecular weight excluding hydrogens is 288 g/mol. The second-order valence-corrected chi connectivity index (χ2v) is 6.36. The Balaban J connectivity index is 1.89. The van der Waals surface area contributed by atoms with Crippen LogP contribution in [-0.4, -0.2) is 11.0 Å². The molecule has 1 heterocycles. The summed E-state index contributed by atoms with van der Waals surface area (Å²) in [6.45, 7) is 0. The monoisotopic (exact) mass is 310 g/mol. The van der Waals surface area contributed by atoms with Crippen molar-refractivity contribution in [1.82, 2.24) is 4.98 Å². The zero-order valence-electron chi connectivity index (χ0n) is 10.9. The Bertz CT molecular complexity index is 342. The zero-order valence-corrected chi connectivity index (χ0v) is 12.5. The molecule has 0 saturated heterocycles. The standard InChI is InChI=1S/C15H23BrN2/c16-13-8-9-14(18-11-13)10-15(17)12-6-4-2-1-3-5-7-12/h8-9,11-12,15H,1-7,10,17H2. The predicted octanol–water partition coefficient (Wildman–Crippen LogP) is 4.07. The molecular formula is C15H23BrN2.